The van der Waals surface area contributed by atoms with Gasteiger partial charge in [-0.2, -0.15) is 0 Å². The lowest BCUT2D eigenvalue weighted by molar-refractivity contribution is -0.384. The minimum Gasteiger partial charge on any atom is -0.449 e. The molecule has 1 saturated carbocycles. The number of ether oxygens (including phenoxy) is 1. The number of carbonyl (C=O) groups is 2. The first-order valence-corrected chi connectivity index (χ1v) is 10.5. The van der Waals surface area contributed by atoms with Gasteiger partial charge in [-0.25, -0.2) is 4.79 Å². The zero-order valence-corrected chi connectivity index (χ0v) is 17.7. The summed E-state index contributed by atoms with van der Waals surface area (Å²) >= 11 is 0. The third-order valence-corrected chi connectivity index (χ3v) is 5.31. The zero-order valence-electron chi connectivity index (χ0n) is 17.7. The molecule has 8 heteroatoms. The van der Waals surface area contributed by atoms with Crippen LogP contribution in [0.3, 0.4) is 0 Å². The number of esters is 1. The van der Waals surface area contributed by atoms with Gasteiger partial charge in [0.15, 0.2) is 6.10 Å². The standard InChI is InChI=1S/C23H27N3O5/c1-3-16(17-7-5-4-6-8-17)14-24-22(27)15(2)31-23(28)18-9-12-20(25-19-10-11-19)21(13-18)26(29)30/h4-9,12-13,15-16,19,25H,3,10-11,14H2,1-2H3,(H,24,27)/t15-,16+/m1/s1. The second-order valence-electron chi connectivity index (χ2n) is 7.72. The second-order valence-corrected chi connectivity index (χ2v) is 7.72. The van der Waals surface area contributed by atoms with E-state index in [2.05, 4.69) is 10.6 Å². The van der Waals surface area contributed by atoms with Gasteiger partial charge in [0.05, 0.1) is 10.5 Å². The highest BCUT2D eigenvalue weighted by Crippen LogP contribution is 2.31. The van der Waals surface area contributed by atoms with Crippen LogP contribution in [0.5, 0.6) is 0 Å². The topological polar surface area (TPSA) is 111 Å². The molecule has 3 rings (SSSR count). The second kappa shape index (κ2) is 10.1. The van der Waals surface area contributed by atoms with Gasteiger partial charge in [0.2, 0.25) is 0 Å². The van der Waals surface area contributed by atoms with Gasteiger partial charge in [-0.3, -0.25) is 14.9 Å². The van der Waals surface area contributed by atoms with E-state index in [1.54, 1.807) is 0 Å². The van der Waals surface area contributed by atoms with Gasteiger partial charge in [0.1, 0.15) is 5.69 Å². The van der Waals surface area contributed by atoms with Crippen molar-refractivity contribution in [3.05, 3.63) is 69.8 Å². The van der Waals surface area contributed by atoms with E-state index in [9.17, 15) is 19.7 Å². The van der Waals surface area contributed by atoms with Crippen LogP contribution in [0.1, 0.15) is 54.9 Å². The van der Waals surface area contributed by atoms with Crippen molar-refractivity contribution in [1.82, 2.24) is 5.32 Å². The van der Waals surface area contributed by atoms with Crippen LogP contribution in [0.4, 0.5) is 11.4 Å². The molecular formula is C23H27N3O5. The molecule has 0 aliphatic heterocycles. The number of amides is 1. The summed E-state index contributed by atoms with van der Waals surface area (Å²) in [5.74, 6) is -1.04. The summed E-state index contributed by atoms with van der Waals surface area (Å²) in [5, 5.41) is 17.3. The smallest absolute Gasteiger partial charge is 0.339 e. The Morgan fingerprint density at radius 1 is 1.19 bits per heavy atom. The van der Waals surface area contributed by atoms with Crippen molar-refractivity contribution in [2.45, 2.75) is 51.2 Å². The van der Waals surface area contributed by atoms with E-state index in [0.717, 1.165) is 24.8 Å². The van der Waals surface area contributed by atoms with E-state index < -0.39 is 22.9 Å². The largest absolute Gasteiger partial charge is 0.449 e. The summed E-state index contributed by atoms with van der Waals surface area (Å²) in [5.41, 5.74) is 1.35. The summed E-state index contributed by atoms with van der Waals surface area (Å²) in [6.07, 6.45) is 1.76. The van der Waals surface area contributed by atoms with Crippen LogP contribution >= 0.6 is 0 Å². The molecule has 0 unspecified atom stereocenters. The molecule has 2 N–H and O–H groups in total. The molecule has 0 spiro atoms. The summed E-state index contributed by atoms with van der Waals surface area (Å²) in [4.78, 5) is 35.7. The van der Waals surface area contributed by atoms with E-state index in [1.807, 2.05) is 37.3 Å². The third kappa shape index (κ3) is 6.04. The van der Waals surface area contributed by atoms with Crippen LogP contribution in [0.15, 0.2) is 48.5 Å². The van der Waals surface area contributed by atoms with Crippen LogP contribution in [0.25, 0.3) is 0 Å². The van der Waals surface area contributed by atoms with Crippen molar-refractivity contribution in [1.29, 1.82) is 0 Å². The first-order valence-electron chi connectivity index (χ1n) is 10.5. The Kier molecular flexibility index (Phi) is 7.23. The van der Waals surface area contributed by atoms with Crippen molar-refractivity contribution in [2.24, 2.45) is 0 Å². The summed E-state index contributed by atoms with van der Waals surface area (Å²) in [6.45, 7) is 3.95. The number of carbonyl (C=O) groups excluding carboxylic acids is 2. The summed E-state index contributed by atoms with van der Waals surface area (Å²) in [6, 6.07) is 14.3. The van der Waals surface area contributed by atoms with Crippen molar-refractivity contribution in [3.8, 4) is 0 Å². The molecular weight excluding hydrogens is 398 g/mol. The number of nitro groups is 1. The molecule has 0 bridgehead atoms. The first kappa shape index (κ1) is 22.3. The van der Waals surface area contributed by atoms with Crippen LogP contribution in [-0.4, -0.2) is 35.5 Å². The molecule has 8 nitrogen and oxygen atoms in total. The number of nitro benzene ring substituents is 1. The molecule has 164 valence electrons. The molecule has 0 radical (unpaired) electrons. The van der Waals surface area contributed by atoms with Gasteiger partial charge in [-0.05, 0) is 43.9 Å². The Labute approximate surface area is 181 Å². The Morgan fingerprint density at radius 3 is 2.52 bits per heavy atom. The maximum absolute atomic E-state index is 12.5. The molecule has 31 heavy (non-hydrogen) atoms. The van der Waals surface area contributed by atoms with Crippen LogP contribution < -0.4 is 10.6 Å². The molecule has 2 aromatic rings. The van der Waals surface area contributed by atoms with Crippen LogP contribution in [0.2, 0.25) is 0 Å². The Bertz CT molecular complexity index is 943. The fourth-order valence-electron chi connectivity index (χ4n) is 3.25. The molecule has 1 aliphatic rings. The number of nitrogens with one attached hydrogen (secondary N) is 2. The van der Waals surface area contributed by atoms with Crippen molar-refractivity contribution in [3.63, 3.8) is 0 Å². The SMILES string of the molecule is CC[C@@H](CNC(=O)[C@@H](C)OC(=O)c1ccc(NC2CC2)c([N+](=O)[O-])c1)c1ccccc1. The van der Waals surface area contributed by atoms with Crippen molar-refractivity contribution >= 4 is 23.3 Å². The Balaban J connectivity index is 1.58. The number of anilines is 1. The van der Waals surface area contributed by atoms with Gasteiger partial charge in [-0.1, -0.05) is 37.3 Å². The fraction of sp³-hybridized carbons (Fsp3) is 0.391. The van der Waals surface area contributed by atoms with Crippen molar-refractivity contribution in [2.75, 3.05) is 11.9 Å². The monoisotopic (exact) mass is 425 g/mol. The Morgan fingerprint density at radius 2 is 1.90 bits per heavy atom. The number of hydrogen-bond acceptors (Lipinski definition) is 6. The maximum Gasteiger partial charge on any atom is 0.339 e. The van der Waals surface area contributed by atoms with E-state index in [-0.39, 0.29) is 23.2 Å². The lowest BCUT2D eigenvalue weighted by atomic mass is 9.96. The summed E-state index contributed by atoms with van der Waals surface area (Å²) < 4.78 is 5.24. The number of nitrogens with zero attached hydrogens (tertiary/aromatic N) is 1. The van der Waals surface area contributed by atoms with E-state index in [0.29, 0.717) is 12.2 Å². The lowest BCUT2D eigenvalue weighted by Gasteiger charge is -2.18. The molecule has 0 aromatic heterocycles. The first-order chi connectivity index (χ1) is 14.9. The molecule has 2 atom stereocenters. The predicted octanol–water partition coefficient (Wildman–Crippen LogP) is 4.02. The highest BCUT2D eigenvalue weighted by atomic mass is 16.6. The van der Waals surface area contributed by atoms with E-state index >= 15 is 0 Å². The molecule has 2 aromatic carbocycles. The minimum atomic E-state index is -1.02. The lowest BCUT2D eigenvalue weighted by Crippen LogP contribution is -2.38. The summed E-state index contributed by atoms with van der Waals surface area (Å²) in [7, 11) is 0. The van der Waals surface area contributed by atoms with Crippen LogP contribution in [-0.2, 0) is 9.53 Å². The molecule has 0 heterocycles. The fourth-order valence-corrected chi connectivity index (χ4v) is 3.25. The van der Waals surface area contributed by atoms with E-state index in [4.69, 9.17) is 4.74 Å². The highest BCUT2D eigenvalue weighted by Gasteiger charge is 2.27. The molecule has 1 aliphatic carbocycles. The quantitative estimate of drug-likeness (QED) is 0.338. The number of rotatable bonds is 10. The average Bonchev–Trinajstić information content (AvgIpc) is 3.58. The molecule has 0 saturated heterocycles. The van der Waals surface area contributed by atoms with Gasteiger partial charge in [0.25, 0.3) is 11.6 Å². The molecule has 1 fully saturated rings. The normalized spacial score (nSPS) is 14.9. The third-order valence-electron chi connectivity index (χ3n) is 5.31. The van der Waals surface area contributed by atoms with Gasteiger partial charge < -0.3 is 15.4 Å². The predicted molar refractivity (Wildman–Crippen MR) is 117 cm³/mol. The Hall–Kier alpha value is -3.42. The van der Waals surface area contributed by atoms with E-state index in [1.165, 1.54) is 25.1 Å². The highest BCUT2D eigenvalue weighted by molar-refractivity contribution is 5.93. The number of benzene rings is 2. The molecule has 1 amide bonds. The van der Waals surface area contributed by atoms with Crippen LogP contribution in [0, 0.1) is 10.1 Å². The van der Waals surface area contributed by atoms with Crippen molar-refractivity contribution < 1.29 is 19.2 Å². The van der Waals surface area contributed by atoms with Gasteiger partial charge >= 0.3 is 5.97 Å². The minimum absolute atomic E-state index is 0.0309. The number of hydrogen-bond donors (Lipinski definition) is 2. The van der Waals surface area contributed by atoms with Gasteiger partial charge in [-0.15, -0.1) is 0 Å². The zero-order chi connectivity index (χ0) is 22.4. The van der Waals surface area contributed by atoms with Gasteiger partial charge in [0, 0.05) is 24.6 Å². The average molecular weight is 425 g/mol. The maximum atomic E-state index is 12.5.